The van der Waals surface area contributed by atoms with Crippen LogP contribution in [0.25, 0.3) is 11.5 Å². The summed E-state index contributed by atoms with van der Waals surface area (Å²) >= 11 is 0. The smallest absolute Gasteiger partial charge is 0.257 e. The highest BCUT2D eigenvalue weighted by atomic mass is 16.5. The van der Waals surface area contributed by atoms with E-state index >= 15 is 0 Å². The van der Waals surface area contributed by atoms with Crippen LogP contribution in [0.15, 0.2) is 51.7 Å². The zero-order chi connectivity index (χ0) is 16.4. The number of amides is 1. The second-order valence-corrected chi connectivity index (χ2v) is 5.59. The fourth-order valence-electron chi connectivity index (χ4n) is 2.80. The summed E-state index contributed by atoms with van der Waals surface area (Å²) in [6, 6.07) is 9.63. The predicted octanol–water partition coefficient (Wildman–Crippen LogP) is 2.84. The molecule has 4 rings (SSSR count). The second kappa shape index (κ2) is 6.23. The van der Waals surface area contributed by atoms with Crippen molar-refractivity contribution in [2.45, 2.75) is 12.8 Å². The number of fused-ring (bicyclic) bond motifs is 1. The van der Waals surface area contributed by atoms with E-state index in [0.717, 1.165) is 25.2 Å². The molecule has 0 atom stereocenters. The Balaban J connectivity index is 1.38. The molecule has 2 aromatic heterocycles. The molecular formula is C18H16N2O4. The van der Waals surface area contributed by atoms with Crippen molar-refractivity contribution in [2.24, 2.45) is 0 Å². The van der Waals surface area contributed by atoms with Gasteiger partial charge in [-0.2, -0.15) is 0 Å². The number of rotatable bonds is 5. The van der Waals surface area contributed by atoms with E-state index in [9.17, 15) is 4.79 Å². The van der Waals surface area contributed by atoms with Crippen LogP contribution in [0.5, 0.6) is 5.75 Å². The van der Waals surface area contributed by atoms with Gasteiger partial charge in [-0.25, -0.2) is 0 Å². The summed E-state index contributed by atoms with van der Waals surface area (Å²) in [4.78, 5) is 12.3. The first-order chi connectivity index (χ1) is 11.8. The molecule has 0 aliphatic carbocycles. The Kier molecular flexibility index (Phi) is 3.78. The highest BCUT2D eigenvalue weighted by Gasteiger charge is 2.19. The van der Waals surface area contributed by atoms with Crippen molar-refractivity contribution < 1.29 is 18.5 Å². The van der Waals surface area contributed by atoms with Gasteiger partial charge in [0, 0.05) is 13.0 Å². The van der Waals surface area contributed by atoms with Crippen molar-refractivity contribution in [3.63, 3.8) is 0 Å². The van der Waals surface area contributed by atoms with Crippen LogP contribution in [0.4, 0.5) is 0 Å². The minimum absolute atomic E-state index is 0.229. The van der Waals surface area contributed by atoms with Gasteiger partial charge in [-0.15, -0.1) is 0 Å². The summed E-state index contributed by atoms with van der Waals surface area (Å²) in [6.45, 7) is 1.28. The van der Waals surface area contributed by atoms with Crippen LogP contribution in [-0.2, 0) is 12.8 Å². The summed E-state index contributed by atoms with van der Waals surface area (Å²) in [7, 11) is 0. The van der Waals surface area contributed by atoms with Crippen molar-refractivity contribution in [3.05, 3.63) is 59.5 Å². The molecule has 0 fully saturated rings. The van der Waals surface area contributed by atoms with Gasteiger partial charge in [0.25, 0.3) is 5.91 Å². The van der Waals surface area contributed by atoms with E-state index in [4.69, 9.17) is 13.7 Å². The molecule has 0 saturated carbocycles. The number of aromatic nitrogens is 1. The lowest BCUT2D eigenvalue weighted by atomic mass is 10.1. The van der Waals surface area contributed by atoms with Crippen LogP contribution in [-0.4, -0.2) is 24.2 Å². The van der Waals surface area contributed by atoms with Crippen LogP contribution >= 0.6 is 0 Å². The number of ether oxygens (including phenoxy) is 1. The molecule has 6 nitrogen and oxygen atoms in total. The third-order valence-electron chi connectivity index (χ3n) is 4.01. The Labute approximate surface area is 138 Å². The van der Waals surface area contributed by atoms with Gasteiger partial charge in [-0.3, -0.25) is 4.79 Å². The van der Waals surface area contributed by atoms with Crippen LogP contribution in [0.3, 0.4) is 0 Å². The Morgan fingerprint density at radius 2 is 2.25 bits per heavy atom. The molecule has 122 valence electrons. The average Bonchev–Trinajstić information content (AvgIpc) is 3.33. The first kappa shape index (κ1) is 14.6. The Bertz CT molecular complexity index is 852. The van der Waals surface area contributed by atoms with E-state index in [1.807, 2.05) is 12.1 Å². The third kappa shape index (κ3) is 2.78. The third-order valence-corrected chi connectivity index (χ3v) is 4.01. The molecule has 1 aromatic carbocycles. The maximum atomic E-state index is 12.3. The quantitative estimate of drug-likeness (QED) is 0.781. The molecular weight excluding hydrogens is 308 g/mol. The number of benzene rings is 1. The second-order valence-electron chi connectivity index (χ2n) is 5.59. The number of furan rings is 1. The first-order valence-corrected chi connectivity index (χ1v) is 7.82. The van der Waals surface area contributed by atoms with Crippen molar-refractivity contribution in [2.75, 3.05) is 13.2 Å². The van der Waals surface area contributed by atoms with Crippen molar-refractivity contribution >= 4 is 5.91 Å². The molecule has 0 radical (unpaired) electrons. The first-order valence-electron chi connectivity index (χ1n) is 7.82. The average molecular weight is 324 g/mol. The molecule has 0 saturated heterocycles. The predicted molar refractivity (Wildman–Crippen MR) is 85.9 cm³/mol. The van der Waals surface area contributed by atoms with Gasteiger partial charge in [-0.05, 0) is 35.7 Å². The lowest BCUT2D eigenvalue weighted by Crippen LogP contribution is -2.25. The monoisotopic (exact) mass is 324 g/mol. The van der Waals surface area contributed by atoms with Crippen LogP contribution in [0, 0.1) is 0 Å². The lowest BCUT2D eigenvalue weighted by Gasteiger charge is -2.06. The normalized spacial score (nSPS) is 12.7. The Morgan fingerprint density at radius 1 is 1.29 bits per heavy atom. The molecule has 6 heteroatoms. The fraction of sp³-hybridized carbons (Fsp3) is 0.222. The molecule has 0 bridgehead atoms. The van der Waals surface area contributed by atoms with Crippen LogP contribution < -0.4 is 10.1 Å². The minimum atomic E-state index is -0.229. The number of hydrogen-bond donors (Lipinski definition) is 1. The lowest BCUT2D eigenvalue weighted by molar-refractivity contribution is 0.0954. The molecule has 0 unspecified atom stereocenters. The van der Waals surface area contributed by atoms with Crippen molar-refractivity contribution in [3.8, 4) is 17.3 Å². The maximum Gasteiger partial charge on any atom is 0.257 e. The van der Waals surface area contributed by atoms with Crippen molar-refractivity contribution in [1.29, 1.82) is 0 Å². The molecule has 24 heavy (non-hydrogen) atoms. The zero-order valence-corrected chi connectivity index (χ0v) is 13.0. The summed E-state index contributed by atoms with van der Waals surface area (Å²) in [5.74, 6) is 1.56. The molecule has 1 N–H and O–H groups in total. The van der Waals surface area contributed by atoms with Crippen LogP contribution in [0.1, 0.15) is 21.5 Å². The van der Waals surface area contributed by atoms with E-state index in [2.05, 4.69) is 16.5 Å². The highest BCUT2D eigenvalue weighted by molar-refractivity contribution is 5.98. The van der Waals surface area contributed by atoms with E-state index in [1.165, 1.54) is 23.6 Å². The molecule has 3 heterocycles. The number of nitrogens with one attached hydrogen (secondary N) is 1. The number of nitrogens with zero attached hydrogens (tertiary/aromatic N) is 1. The van der Waals surface area contributed by atoms with Gasteiger partial charge >= 0.3 is 0 Å². The summed E-state index contributed by atoms with van der Waals surface area (Å²) < 4.78 is 15.9. The largest absolute Gasteiger partial charge is 0.493 e. The zero-order valence-electron chi connectivity index (χ0n) is 13.0. The number of carbonyl (C=O) groups is 1. The van der Waals surface area contributed by atoms with E-state index in [0.29, 0.717) is 23.6 Å². The van der Waals surface area contributed by atoms with Gasteiger partial charge < -0.3 is 19.0 Å². The van der Waals surface area contributed by atoms with Crippen molar-refractivity contribution in [1.82, 2.24) is 10.5 Å². The Hall–Kier alpha value is -3.02. The summed E-state index contributed by atoms with van der Waals surface area (Å²) in [5, 5.41) is 6.59. The summed E-state index contributed by atoms with van der Waals surface area (Å²) in [5.41, 5.74) is 2.78. The fourth-order valence-corrected chi connectivity index (χ4v) is 2.80. The van der Waals surface area contributed by atoms with Gasteiger partial charge in [0.1, 0.15) is 11.3 Å². The standard InChI is InChI=1S/C18H16N2O4/c21-18(14-11-20-24-17(14)16-2-1-8-22-16)19-7-5-12-3-4-15-13(10-12)6-9-23-15/h1-4,8,10-11H,5-7,9H2,(H,19,21). The van der Waals surface area contributed by atoms with E-state index in [1.54, 1.807) is 12.1 Å². The van der Waals surface area contributed by atoms with Gasteiger partial charge in [0.15, 0.2) is 5.76 Å². The molecule has 1 aliphatic heterocycles. The minimum Gasteiger partial charge on any atom is -0.493 e. The SMILES string of the molecule is O=C(NCCc1ccc2c(c1)CCO2)c1cnoc1-c1ccco1. The van der Waals surface area contributed by atoms with Crippen LogP contribution in [0.2, 0.25) is 0 Å². The van der Waals surface area contributed by atoms with Gasteiger partial charge in [-0.1, -0.05) is 17.3 Å². The highest BCUT2D eigenvalue weighted by Crippen LogP contribution is 2.26. The molecule has 1 aliphatic rings. The molecule has 3 aromatic rings. The molecule has 0 spiro atoms. The van der Waals surface area contributed by atoms with E-state index in [-0.39, 0.29) is 5.91 Å². The maximum absolute atomic E-state index is 12.3. The summed E-state index contributed by atoms with van der Waals surface area (Å²) in [6.07, 6.45) is 4.63. The number of hydrogen-bond acceptors (Lipinski definition) is 5. The van der Waals surface area contributed by atoms with Gasteiger partial charge in [0.05, 0.1) is 19.1 Å². The Morgan fingerprint density at radius 3 is 3.12 bits per heavy atom. The molecule has 1 amide bonds. The number of carbonyl (C=O) groups excluding carboxylic acids is 1. The van der Waals surface area contributed by atoms with E-state index < -0.39 is 0 Å². The topological polar surface area (TPSA) is 77.5 Å². The van der Waals surface area contributed by atoms with Gasteiger partial charge in [0.2, 0.25) is 5.76 Å².